The minimum absolute atomic E-state index is 0.110. The van der Waals surface area contributed by atoms with E-state index in [2.05, 4.69) is 118 Å². The van der Waals surface area contributed by atoms with E-state index in [1.807, 2.05) is 0 Å². The number of allylic oxidation sites excluding steroid dienone is 16. The number of hydrogen-bond acceptors (Lipinski definition) is 6. The van der Waals surface area contributed by atoms with E-state index < -0.39 is 6.10 Å². The zero-order valence-corrected chi connectivity index (χ0v) is 43.6. The Morgan fingerprint density at radius 2 is 0.597 bits per heavy atom. The van der Waals surface area contributed by atoms with Crippen LogP contribution < -0.4 is 0 Å². The van der Waals surface area contributed by atoms with Crippen LogP contribution >= 0.6 is 0 Å². The SMILES string of the molecule is CC/C=C\C/C=C\C/C=C\C/C=C\C/C=C\CCCCCC(=O)OCC(COC(=O)CCC/C=C\C/C=C\C/C=C\CC)OC(=O)CCCCCCCCCCCCCCCCCCCCC. The topological polar surface area (TPSA) is 78.9 Å². The second kappa shape index (κ2) is 54.9. The summed E-state index contributed by atoms with van der Waals surface area (Å²) >= 11 is 0. The fourth-order valence-corrected chi connectivity index (χ4v) is 7.49. The van der Waals surface area contributed by atoms with E-state index in [0.717, 1.165) is 103 Å². The van der Waals surface area contributed by atoms with Crippen LogP contribution in [0.3, 0.4) is 0 Å². The van der Waals surface area contributed by atoms with Crippen LogP contribution in [0.15, 0.2) is 97.2 Å². The Morgan fingerprint density at radius 3 is 0.970 bits per heavy atom. The smallest absolute Gasteiger partial charge is 0.306 e. The zero-order valence-electron chi connectivity index (χ0n) is 43.6. The Morgan fingerprint density at radius 1 is 0.313 bits per heavy atom. The molecule has 0 aromatic rings. The van der Waals surface area contributed by atoms with Crippen LogP contribution in [0.25, 0.3) is 0 Å². The maximum absolute atomic E-state index is 12.8. The summed E-state index contributed by atoms with van der Waals surface area (Å²) in [6.45, 7) is 6.34. The van der Waals surface area contributed by atoms with Gasteiger partial charge in [-0.05, 0) is 89.9 Å². The van der Waals surface area contributed by atoms with Crippen molar-refractivity contribution in [3.8, 4) is 0 Å². The average Bonchev–Trinajstić information content (AvgIpc) is 3.33. The third-order valence-electron chi connectivity index (χ3n) is 11.6. The fraction of sp³-hybridized carbons (Fsp3) is 0.689. The molecule has 0 rings (SSSR count). The molecule has 0 saturated heterocycles. The molecule has 0 aliphatic heterocycles. The third kappa shape index (κ3) is 53.2. The molecule has 0 aliphatic carbocycles. The zero-order chi connectivity index (χ0) is 48.6. The molecular weight excluding hydrogens is 829 g/mol. The van der Waals surface area contributed by atoms with Crippen LogP contribution in [0.1, 0.15) is 252 Å². The molecule has 6 heteroatoms. The monoisotopic (exact) mass is 931 g/mol. The van der Waals surface area contributed by atoms with Crippen molar-refractivity contribution in [1.29, 1.82) is 0 Å². The van der Waals surface area contributed by atoms with Gasteiger partial charge in [0.15, 0.2) is 6.10 Å². The predicted octanol–water partition coefficient (Wildman–Crippen LogP) is 18.5. The third-order valence-corrected chi connectivity index (χ3v) is 11.6. The quantitative estimate of drug-likeness (QED) is 0.0262. The number of ether oxygens (including phenoxy) is 3. The Balaban J connectivity index is 4.42. The molecule has 382 valence electrons. The molecule has 0 N–H and O–H groups in total. The van der Waals surface area contributed by atoms with E-state index in [1.54, 1.807) is 0 Å². The Bertz CT molecular complexity index is 1350. The minimum atomic E-state index is -0.810. The van der Waals surface area contributed by atoms with Gasteiger partial charge in [-0.1, -0.05) is 240 Å². The minimum Gasteiger partial charge on any atom is -0.462 e. The predicted molar refractivity (Wildman–Crippen MR) is 288 cm³/mol. The molecule has 0 aliphatic rings. The lowest BCUT2D eigenvalue weighted by atomic mass is 10.0. The maximum atomic E-state index is 12.8. The molecule has 1 unspecified atom stereocenters. The number of unbranched alkanes of at least 4 members (excludes halogenated alkanes) is 22. The highest BCUT2D eigenvalue weighted by molar-refractivity contribution is 5.71. The van der Waals surface area contributed by atoms with E-state index in [4.69, 9.17) is 14.2 Å². The van der Waals surface area contributed by atoms with Crippen LogP contribution in [0, 0.1) is 0 Å². The van der Waals surface area contributed by atoms with Gasteiger partial charge in [-0.15, -0.1) is 0 Å². The lowest BCUT2D eigenvalue weighted by Crippen LogP contribution is -2.30. The molecule has 1 atom stereocenters. The molecule has 0 bridgehead atoms. The molecule has 0 radical (unpaired) electrons. The molecule has 0 amide bonds. The highest BCUT2D eigenvalue weighted by atomic mass is 16.6. The van der Waals surface area contributed by atoms with Crippen LogP contribution in [-0.4, -0.2) is 37.2 Å². The molecule has 0 aromatic heterocycles. The van der Waals surface area contributed by atoms with Crippen molar-refractivity contribution >= 4 is 17.9 Å². The largest absolute Gasteiger partial charge is 0.462 e. The Labute approximate surface area is 413 Å². The first-order valence-electron chi connectivity index (χ1n) is 27.7. The summed E-state index contributed by atoms with van der Waals surface area (Å²) in [6.07, 6.45) is 72.7. The van der Waals surface area contributed by atoms with Gasteiger partial charge in [-0.2, -0.15) is 0 Å². The van der Waals surface area contributed by atoms with Crippen LogP contribution in [0.2, 0.25) is 0 Å². The van der Waals surface area contributed by atoms with Crippen LogP contribution in [0.4, 0.5) is 0 Å². The van der Waals surface area contributed by atoms with Gasteiger partial charge in [-0.25, -0.2) is 0 Å². The van der Waals surface area contributed by atoms with E-state index in [0.29, 0.717) is 19.3 Å². The van der Waals surface area contributed by atoms with Crippen molar-refractivity contribution < 1.29 is 28.6 Å². The van der Waals surface area contributed by atoms with Gasteiger partial charge in [0, 0.05) is 19.3 Å². The normalized spacial score (nSPS) is 12.8. The van der Waals surface area contributed by atoms with Gasteiger partial charge in [0.25, 0.3) is 0 Å². The summed E-state index contributed by atoms with van der Waals surface area (Å²) in [4.78, 5) is 38.0. The number of carbonyl (C=O) groups is 3. The van der Waals surface area contributed by atoms with Crippen molar-refractivity contribution in [2.45, 2.75) is 258 Å². The first kappa shape index (κ1) is 63.3. The molecular formula is C61H102O6. The molecule has 0 heterocycles. The lowest BCUT2D eigenvalue weighted by molar-refractivity contribution is -0.167. The highest BCUT2D eigenvalue weighted by Crippen LogP contribution is 2.16. The standard InChI is InChI=1S/C61H102O6/c1-4-7-10-13-16-19-22-24-26-28-30-32-34-36-39-42-45-48-51-54-60(63)66-57-58(56-65-59(62)53-50-47-44-41-38-21-18-15-12-9-6-3)67-61(64)55-52-49-46-43-40-37-35-33-31-29-27-25-23-20-17-14-11-8-5-2/h7,9-10,12,16,18-19,21,24,26,30,32,36,39,41,44,58H,4-6,8,11,13-15,17,20,22-23,25,27-29,31,33-35,37-38,40,42-43,45-57H2,1-3H3/b10-7-,12-9-,19-16-,21-18-,26-24-,32-30-,39-36-,44-41-. The van der Waals surface area contributed by atoms with Crippen LogP contribution in [-0.2, 0) is 28.6 Å². The summed E-state index contributed by atoms with van der Waals surface area (Å²) in [6, 6.07) is 0. The number of rotatable bonds is 49. The van der Waals surface area contributed by atoms with Gasteiger partial charge in [0.2, 0.25) is 0 Å². The van der Waals surface area contributed by atoms with Crippen molar-refractivity contribution in [2.24, 2.45) is 0 Å². The van der Waals surface area contributed by atoms with Gasteiger partial charge in [-0.3, -0.25) is 14.4 Å². The van der Waals surface area contributed by atoms with Gasteiger partial charge >= 0.3 is 17.9 Å². The van der Waals surface area contributed by atoms with E-state index in [9.17, 15) is 14.4 Å². The maximum Gasteiger partial charge on any atom is 0.306 e. The van der Waals surface area contributed by atoms with Gasteiger partial charge in [0.05, 0.1) is 0 Å². The molecule has 67 heavy (non-hydrogen) atoms. The highest BCUT2D eigenvalue weighted by Gasteiger charge is 2.19. The van der Waals surface area contributed by atoms with E-state index in [-0.39, 0.29) is 37.5 Å². The van der Waals surface area contributed by atoms with Crippen molar-refractivity contribution in [1.82, 2.24) is 0 Å². The van der Waals surface area contributed by atoms with Crippen LogP contribution in [0.5, 0.6) is 0 Å². The fourth-order valence-electron chi connectivity index (χ4n) is 7.49. The molecule has 0 spiro atoms. The number of esters is 3. The number of carbonyl (C=O) groups excluding carboxylic acids is 3. The van der Waals surface area contributed by atoms with Gasteiger partial charge < -0.3 is 14.2 Å². The van der Waals surface area contributed by atoms with E-state index >= 15 is 0 Å². The van der Waals surface area contributed by atoms with Crippen molar-refractivity contribution in [3.05, 3.63) is 97.2 Å². The second-order valence-corrected chi connectivity index (χ2v) is 18.1. The summed E-state index contributed by atoms with van der Waals surface area (Å²) in [7, 11) is 0. The summed E-state index contributed by atoms with van der Waals surface area (Å²) in [5, 5.41) is 0. The van der Waals surface area contributed by atoms with E-state index in [1.165, 1.54) is 103 Å². The molecule has 0 fully saturated rings. The van der Waals surface area contributed by atoms with Crippen molar-refractivity contribution in [2.75, 3.05) is 13.2 Å². The summed E-state index contributed by atoms with van der Waals surface area (Å²) in [5.41, 5.74) is 0. The molecule has 6 nitrogen and oxygen atoms in total. The Hall–Kier alpha value is -3.67. The first-order valence-corrected chi connectivity index (χ1v) is 27.7. The first-order chi connectivity index (χ1) is 33.0. The molecule has 0 aromatic carbocycles. The van der Waals surface area contributed by atoms with Crippen molar-refractivity contribution in [3.63, 3.8) is 0 Å². The average molecular weight is 931 g/mol. The van der Waals surface area contributed by atoms with Gasteiger partial charge in [0.1, 0.15) is 13.2 Å². The number of hydrogen-bond donors (Lipinski definition) is 0. The second-order valence-electron chi connectivity index (χ2n) is 18.1. The Kier molecular flexibility index (Phi) is 51.9. The summed E-state index contributed by atoms with van der Waals surface area (Å²) in [5.74, 6) is -0.991. The lowest BCUT2D eigenvalue weighted by Gasteiger charge is -2.18. The summed E-state index contributed by atoms with van der Waals surface area (Å²) < 4.78 is 16.8. The molecule has 0 saturated carbocycles.